The molecule has 1 aliphatic heterocycles. The Kier molecular flexibility index (Phi) is 22.8. The van der Waals surface area contributed by atoms with Crippen LogP contribution in [0, 0.1) is 5.92 Å². The molecule has 2 aromatic rings. The highest BCUT2D eigenvalue weighted by Crippen LogP contribution is 2.12. The number of amides is 9. The highest BCUT2D eigenvalue weighted by Gasteiger charge is 2.35. The van der Waals surface area contributed by atoms with Crippen LogP contribution >= 0.6 is 0 Å². The highest BCUT2D eigenvalue weighted by molar-refractivity contribution is 5.98. The number of nitrogens with two attached hydrogens (primary N) is 3. The van der Waals surface area contributed by atoms with Crippen molar-refractivity contribution in [1.82, 2.24) is 42.5 Å². The highest BCUT2D eigenvalue weighted by atomic mass is 16.3. The van der Waals surface area contributed by atoms with Crippen LogP contribution in [-0.2, 0) is 56.0 Å². The van der Waals surface area contributed by atoms with Crippen LogP contribution in [0.3, 0.4) is 0 Å². The van der Waals surface area contributed by atoms with E-state index in [9.17, 15) is 48.3 Å². The first-order chi connectivity index (χ1) is 31.8. The molecule has 1 heterocycles. The molecule has 2 aromatic carbocycles. The van der Waals surface area contributed by atoms with Crippen LogP contribution < -0.4 is 65.1 Å². The van der Waals surface area contributed by atoms with Gasteiger partial charge in [-0.1, -0.05) is 56.3 Å². The van der Waals surface area contributed by atoms with E-state index in [1.165, 1.54) is 13.8 Å². The Morgan fingerprint density at radius 2 is 1.10 bits per heavy atom. The van der Waals surface area contributed by atoms with Gasteiger partial charge < -0.3 is 70.2 Å². The molecule has 67 heavy (non-hydrogen) atoms. The van der Waals surface area contributed by atoms with Gasteiger partial charge in [-0.3, -0.25) is 43.2 Å². The maximum absolute atomic E-state index is 14.2. The first-order valence-corrected chi connectivity index (χ1v) is 22.4. The topological polar surface area (TPSA) is 360 Å². The van der Waals surface area contributed by atoms with Crippen molar-refractivity contribution < 1.29 is 48.3 Å². The Hall–Kier alpha value is -6.49. The van der Waals surface area contributed by atoms with Gasteiger partial charge >= 0.3 is 0 Å². The molecule has 3 rings (SSSR count). The number of nitrogens with one attached hydrogen (secondary N) is 9. The molecule has 1 fully saturated rings. The van der Waals surface area contributed by atoms with Crippen molar-refractivity contribution in [2.75, 3.05) is 31.5 Å². The molecule has 0 radical (unpaired) electrons. The maximum Gasteiger partial charge on any atom is 0.245 e. The number of aliphatic hydroxyl groups is 1. The summed E-state index contributed by atoms with van der Waals surface area (Å²) in [5.74, 6) is -6.81. The largest absolute Gasteiger partial charge is 0.391 e. The van der Waals surface area contributed by atoms with E-state index >= 15 is 0 Å². The second kappa shape index (κ2) is 27.9. The smallest absolute Gasteiger partial charge is 0.245 e. The van der Waals surface area contributed by atoms with Crippen LogP contribution in [0.25, 0.3) is 0 Å². The molecule has 0 aliphatic carbocycles. The summed E-state index contributed by atoms with van der Waals surface area (Å²) >= 11 is 0. The quantitative estimate of drug-likeness (QED) is 0.0839. The third-order valence-corrected chi connectivity index (χ3v) is 10.6. The van der Waals surface area contributed by atoms with Gasteiger partial charge in [0.05, 0.1) is 12.5 Å². The lowest BCUT2D eigenvalue weighted by Crippen LogP contribution is -2.61. The summed E-state index contributed by atoms with van der Waals surface area (Å²) in [6, 6.07) is 5.67. The summed E-state index contributed by atoms with van der Waals surface area (Å²) < 4.78 is 0. The summed E-state index contributed by atoms with van der Waals surface area (Å²) in [6.07, 6.45) is -2.18. The minimum atomic E-state index is -1.57. The molecule has 22 nitrogen and oxygen atoms in total. The Bertz CT molecular complexity index is 2000. The molecule has 9 amide bonds. The Balaban J connectivity index is 2.08. The summed E-state index contributed by atoms with van der Waals surface area (Å²) in [6.45, 7) is 5.68. The van der Waals surface area contributed by atoms with Gasteiger partial charge in [0, 0.05) is 25.6 Å². The standard InChI is InChI=1S/C45H68N12O10/c1-25(2)22-35-43(65)54-31(14-18-46)39(61)53-33(16-20-48)42(64)57-38(26(3)58)45(67)49-21-17-34(51-37(60)24-29-10-12-30(13-11-29)50-27(4)59)41(63)52-32(15-19-47)40(62)56-36(44(66)55-35)23-28-8-6-5-7-9-28/h5-13,25-26,31-36,38,58H,14-24,46-48H2,1-4H3,(H,49,67)(H,50,59)(H,51,60)(H,52,63)(H,53,61)(H,54,65)(H,55,66)(H,56,62)(H,57,64)/t26-,31+,32+,33+,34+,35+,36-,38+/m1/s1. The average molecular weight is 937 g/mol. The number of anilines is 1. The van der Waals surface area contributed by atoms with Crippen molar-refractivity contribution >= 4 is 58.9 Å². The van der Waals surface area contributed by atoms with Crippen molar-refractivity contribution in [2.45, 2.75) is 121 Å². The molecule has 0 saturated carbocycles. The number of hydrogen-bond acceptors (Lipinski definition) is 13. The van der Waals surface area contributed by atoms with Gasteiger partial charge in [-0.25, -0.2) is 0 Å². The Morgan fingerprint density at radius 3 is 1.61 bits per heavy atom. The second-order valence-corrected chi connectivity index (χ2v) is 16.8. The maximum atomic E-state index is 14.2. The molecular weight excluding hydrogens is 869 g/mol. The summed E-state index contributed by atoms with van der Waals surface area (Å²) in [7, 11) is 0. The molecule has 0 unspecified atom stereocenters. The minimum absolute atomic E-state index is 0.0435. The Morgan fingerprint density at radius 1 is 0.627 bits per heavy atom. The van der Waals surface area contributed by atoms with E-state index in [4.69, 9.17) is 17.2 Å². The fraction of sp³-hybridized carbons (Fsp3) is 0.533. The van der Waals surface area contributed by atoms with Gasteiger partial charge in [-0.15, -0.1) is 0 Å². The molecule has 1 saturated heterocycles. The number of carbonyl (C=O) groups excluding carboxylic acids is 9. The first kappa shape index (κ1) is 54.8. The molecular formula is C45H68N12O10. The van der Waals surface area contributed by atoms with Crippen LogP contribution in [0.15, 0.2) is 54.6 Å². The summed E-state index contributed by atoms with van der Waals surface area (Å²) in [4.78, 5) is 122. The normalized spacial score (nSPS) is 23.5. The van der Waals surface area contributed by atoms with Crippen molar-refractivity contribution in [3.8, 4) is 0 Å². The third kappa shape index (κ3) is 18.7. The van der Waals surface area contributed by atoms with Gasteiger partial charge in [0.1, 0.15) is 42.3 Å². The molecule has 0 bridgehead atoms. The van der Waals surface area contributed by atoms with Crippen LogP contribution in [0.5, 0.6) is 0 Å². The van der Waals surface area contributed by atoms with E-state index in [2.05, 4.69) is 47.9 Å². The van der Waals surface area contributed by atoms with E-state index < -0.39 is 95.7 Å². The molecule has 1 aliphatic rings. The van der Waals surface area contributed by atoms with Crippen LogP contribution in [0.1, 0.15) is 70.9 Å². The lowest BCUT2D eigenvalue weighted by molar-refractivity contribution is -0.136. The predicted molar refractivity (Wildman–Crippen MR) is 248 cm³/mol. The van der Waals surface area contributed by atoms with E-state index in [1.807, 2.05) is 13.8 Å². The van der Waals surface area contributed by atoms with E-state index in [-0.39, 0.29) is 82.9 Å². The van der Waals surface area contributed by atoms with Crippen molar-refractivity contribution in [2.24, 2.45) is 23.1 Å². The molecule has 0 spiro atoms. The van der Waals surface area contributed by atoms with Crippen LogP contribution in [0.4, 0.5) is 5.69 Å². The molecule has 368 valence electrons. The van der Waals surface area contributed by atoms with Crippen LogP contribution in [0.2, 0.25) is 0 Å². The second-order valence-electron chi connectivity index (χ2n) is 16.8. The van der Waals surface area contributed by atoms with Crippen molar-refractivity contribution in [1.29, 1.82) is 0 Å². The predicted octanol–water partition coefficient (Wildman–Crippen LogP) is -3.18. The van der Waals surface area contributed by atoms with Gasteiger partial charge in [0.15, 0.2) is 0 Å². The minimum Gasteiger partial charge on any atom is -0.391 e. The molecule has 16 N–H and O–H groups in total. The van der Waals surface area contributed by atoms with Gasteiger partial charge in [0.25, 0.3) is 0 Å². The summed E-state index contributed by atoms with van der Waals surface area (Å²) in [5.41, 5.74) is 19.2. The zero-order valence-corrected chi connectivity index (χ0v) is 38.5. The monoisotopic (exact) mass is 937 g/mol. The lowest BCUT2D eigenvalue weighted by atomic mass is 10.00. The van der Waals surface area contributed by atoms with E-state index in [0.29, 0.717) is 16.8 Å². The average Bonchev–Trinajstić information content (AvgIpc) is 3.26. The SMILES string of the molecule is CC(=O)Nc1ccc(CC(=O)N[C@H]2CCNC(=O)[C@H]([C@@H](C)O)NC(=O)[C@H](CCN)NC(=O)[C@H](CCN)NC(=O)[C@H](CC(C)C)NC(=O)[C@@H](Cc3ccccc3)NC(=O)[C@H](CCN)NC2=O)cc1. The van der Waals surface area contributed by atoms with Crippen molar-refractivity contribution in [3.05, 3.63) is 65.7 Å². The number of rotatable bonds is 15. The summed E-state index contributed by atoms with van der Waals surface area (Å²) in [5, 5.41) is 34.2. The van der Waals surface area contributed by atoms with E-state index in [0.717, 1.165) is 0 Å². The molecule has 22 heteroatoms. The lowest BCUT2D eigenvalue weighted by Gasteiger charge is -2.28. The number of carbonyl (C=O) groups is 9. The number of benzene rings is 2. The first-order valence-electron chi connectivity index (χ1n) is 22.4. The molecule has 8 atom stereocenters. The van der Waals surface area contributed by atoms with Gasteiger partial charge in [-0.2, -0.15) is 0 Å². The third-order valence-electron chi connectivity index (χ3n) is 10.6. The fourth-order valence-corrected chi connectivity index (χ4v) is 7.15. The zero-order valence-electron chi connectivity index (χ0n) is 38.5. The van der Waals surface area contributed by atoms with Crippen molar-refractivity contribution in [3.63, 3.8) is 0 Å². The Labute approximate surface area is 390 Å². The molecule has 0 aromatic heterocycles. The number of hydrogen-bond donors (Lipinski definition) is 13. The fourth-order valence-electron chi connectivity index (χ4n) is 7.15. The van der Waals surface area contributed by atoms with E-state index in [1.54, 1.807) is 54.6 Å². The van der Waals surface area contributed by atoms with Gasteiger partial charge in [0.2, 0.25) is 53.2 Å². The number of aliphatic hydroxyl groups excluding tert-OH is 1. The van der Waals surface area contributed by atoms with Gasteiger partial charge in [-0.05, 0) is 87.8 Å². The zero-order chi connectivity index (χ0) is 49.6. The van der Waals surface area contributed by atoms with Crippen LogP contribution in [-0.4, -0.2) is 133 Å².